The third kappa shape index (κ3) is 2.51. The summed E-state index contributed by atoms with van der Waals surface area (Å²) in [6.45, 7) is 0.725. The van der Waals surface area contributed by atoms with Gasteiger partial charge in [0.15, 0.2) is 0 Å². The first-order valence-electron chi connectivity index (χ1n) is 5.47. The fraction of sp³-hybridized carbons (Fsp3) is 0.500. The quantitative estimate of drug-likeness (QED) is 0.834. The van der Waals surface area contributed by atoms with Gasteiger partial charge in [0.25, 0.3) is 0 Å². The van der Waals surface area contributed by atoms with Gasteiger partial charge in [0.05, 0.1) is 0 Å². The second-order valence-corrected chi connectivity index (χ2v) is 7.06. The summed E-state index contributed by atoms with van der Waals surface area (Å²) in [6.07, 6.45) is 2.12. The molecule has 1 unspecified atom stereocenters. The summed E-state index contributed by atoms with van der Waals surface area (Å²) in [5.74, 6) is -0.00763. The number of anilines is 1. The maximum absolute atomic E-state index is 12.4. The van der Waals surface area contributed by atoms with Crippen LogP contribution in [0.15, 0.2) is 21.6 Å². The second kappa shape index (κ2) is 5.12. The number of hydrogen-bond acceptors (Lipinski definition) is 5. The van der Waals surface area contributed by atoms with Gasteiger partial charge < -0.3 is 10.8 Å². The van der Waals surface area contributed by atoms with Crippen molar-refractivity contribution in [3.8, 4) is 0 Å². The van der Waals surface area contributed by atoms with E-state index in [-0.39, 0.29) is 23.2 Å². The zero-order valence-corrected chi connectivity index (χ0v) is 12.0. The average Bonchev–Trinajstić information content (AvgIpc) is 2.81. The van der Waals surface area contributed by atoms with Crippen LogP contribution in [0.2, 0.25) is 0 Å². The summed E-state index contributed by atoms with van der Waals surface area (Å²) in [5, 5.41) is 9.05. The fourth-order valence-electron chi connectivity index (χ4n) is 1.94. The Morgan fingerprint density at radius 1 is 1.61 bits per heavy atom. The molecule has 0 spiro atoms. The second-order valence-electron chi connectivity index (χ2n) is 4.24. The van der Waals surface area contributed by atoms with E-state index in [4.69, 9.17) is 10.8 Å². The highest BCUT2D eigenvalue weighted by atomic mass is 79.9. The number of aliphatic hydroxyl groups is 1. The molecule has 6 nitrogen and oxygen atoms in total. The summed E-state index contributed by atoms with van der Waals surface area (Å²) in [6, 6.07) is 1.45. The van der Waals surface area contributed by atoms with E-state index in [9.17, 15) is 8.42 Å². The fourth-order valence-corrected chi connectivity index (χ4v) is 4.05. The van der Waals surface area contributed by atoms with Gasteiger partial charge in [0.2, 0.25) is 10.0 Å². The lowest BCUT2D eigenvalue weighted by atomic mass is 10.1. The minimum atomic E-state index is -3.63. The largest absolute Gasteiger partial charge is 0.396 e. The Bertz CT molecular complexity index is 549. The van der Waals surface area contributed by atoms with Crippen molar-refractivity contribution < 1.29 is 13.5 Å². The lowest BCUT2D eigenvalue weighted by molar-refractivity contribution is 0.233. The van der Waals surface area contributed by atoms with E-state index in [1.165, 1.54) is 16.6 Å². The number of halogens is 1. The molecule has 1 aromatic heterocycles. The van der Waals surface area contributed by atoms with Crippen molar-refractivity contribution in [2.75, 3.05) is 25.4 Å². The molecule has 0 aliphatic carbocycles. The van der Waals surface area contributed by atoms with Crippen LogP contribution in [0.5, 0.6) is 0 Å². The molecular formula is C10H14BrN3O3S. The van der Waals surface area contributed by atoms with Crippen molar-refractivity contribution in [1.29, 1.82) is 0 Å². The van der Waals surface area contributed by atoms with Crippen molar-refractivity contribution in [3.63, 3.8) is 0 Å². The molecule has 0 radical (unpaired) electrons. The zero-order chi connectivity index (χ0) is 13.3. The predicted octanol–water partition coefficient (Wildman–Crippen LogP) is 0.429. The van der Waals surface area contributed by atoms with E-state index in [2.05, 4.69) is 20.9 Å². The molecular weight excluding hydrogens is 322 g/mol. The first-order chi connectivity index (χ1) is 8.45. The minimum absolute atomic E-state index is 0.00103. The Hall–Kier alpha value is -0.700. The van der Waals surface area contributed by atoms with Crippen LogP contribution in [0.1, 0.15) is 6.42 Å². The molecule has 1 aliphatic heterocycles. The minimum Gasteiger partial charge on any atom is -0.396 e. The molecule has 1 saturated heterocycles. The van der Waals surface area contributed by atoms with Crippen LogP contribution in [-0.2, 0) is 10.0 Å². The van der Waals surface area contributed by atoms with E-state index in [0.29, 0.717) is 24.0 Å². The third-order valence-electron chi connectivity index (χ3n) is 2.97. The number of sulfonamides is 1. The molecule has 1 atom stereocenters. The van der Waals surface area contributed by atoms with Crippen LogP contribution >= 0.6 is 15.9 Å². The molecule has 1 aliphatic rings. The van der Waals surface area contributed by atoms with Gasteiger partial charge in [-0.1, -0.05) is 0 Å². The number of hydrogen-bond donors (Lipinski definition) is 2. The van der Waals surface area contributed by atoms with Gasteiger partial charge in [-0.05, 0) is 34.3 Å². The molecule has 3 N–H and O–H groups in total. The smallest absolute Gasteiger partial charge is 0.246 e. The van der Waals surface area contributed by atoms with Gasteiger partial charge in [0, 0.05) is 30.4 Å². The van der Waals surface area contributed by atoms with Crippen LogP contribution < -0.4 is 5.73 Å². The third-order valence-corrected chi connectivity index (χ3v) is 5.30. The molecule has 0 amide bonds. The molecule has 0 saturated carbocycles. The summed E-state index contributed by atoms with van der Waals surface area (Å²) in [5.41, 5.74) is 5.62. The first kappa shape index (κ1) is 13.7. The van der Waals surface area contributed by atoms with E-state index in [1.807, 2.05) is 0 Å². The molecule has 0 bridgehead atoms. The van der Waals surface area contributed by atoms with E-state index >= 15 is 0 Å². The highest BCUT2D eigenvalue weighted by molar-refractivity contribution is 9.10. The highest BCUT2D eigenvalue weighted by Crippen LogP contribution is 2.28. The van der Waals surface area contributed by atoms with Crippen LogP contribution in [0.4, 0.5) is 5.82 Å². The number of nitrogens with two attached hydrogens (primary N) is 1. The Kier molecular flexibility index (Phi) is 3.90. The number of pyridine rings is 1. The Balaban J connectivity index is 2.34. The number of aromatic nitrogens is 1. The van der Waals surface area contributed by atoms with Gasteiger partial charge in [0.1, 0.15) is 10.7 Å². The molecule has 1 aromatic rings. The summed E-state index contributed by atoms with van der Waals surface area (Å²) in [4.78, 5) is 3.84. The summed E-state index contributed by atoms with van der Waals surface area (Å²) < 4.78 is 26.6. The highest BCUT2D eigenvalue weighted by Gasteiger charge is 2.33. The molecule has 0 aromatic carbocycles. The van der Waals surface area contributed by atoms with Crippen molar-refractivity contribution in [3.05, 3.63) is 16.7 Å². The number of nitrogens with zero attached hydrogens (tertiary/aromatic N) is 2. The van der Waals surface area contributed by atoms with E-state index in [1.54, 1.807) is 0 Å². The van der Waals surface area contributed by atoms with Gasteiger partial charge in [-0.15, -0.1) is 0 Å². The molecule has 18 heavy (non-hydrogen) atoms. The van der Waals surface area contributed by atoms with E-state index in [0.717, 1.165) is 0 Å². The maximum Gasteiger partial charge on any atom is 0.246 e. The SMILES string of the molecule is Nc1ncc(Br)cc1S(=O)(=O)N1CCC(CO)C1. The number of nitrogen functional groups attached to an aromatic ring is 1. The number of aliphatic hydroxyl groups excluding tert-OH is 1. The topological polar surface area (TPSA) is 96.5 Å². The predicted molar refractivity (Wildman–Crippen MR) is 70.3 cm³/mol. The Morgan fingerprint density at radius 3 is 2.94 bits per heavy atom. The average molecular weight is 336 g/mol. The molecule has 2 heterocycles. The van der Waals surface area contributed by atoms with Gasteiger partial charge in [-0.2, -0.15) is 4.31 Å². The van der Waals surface area contributed by atoms with Crippen molar-refractivity contribution in [1.82, 2.24) is 9.29 Å². The van der Waals surface area contributed by atoms with Gasteiger partial charge >= 0.3 is 0 Å². The van der Waals surface area contributed by atoms with Crippen molar-refractivity contribution in [2.24, 2.45) is 5.92 Å². The molecule has 8 heteroatoms. The summed E-state index contributed by atoms with van der Waals surface area (Å²) in [7, 11) is -3.63. The van der Waals surface area contributed by atoms with Gasteiger partial charge in [-0.25, -0.2) is 13.4 Å². The van der Waals surface area contributed by atoms with Crippen molar-refractivity contribution in [2.45, 2.75) is 11.3 Å². The lowest BCUT2D eigenvalue weighted by Gasteiger charge is -2.17. The van der Waals surface area contributed by atoms with Crippen LogP contribution in [-0.4, -0.2) is 42.5 Å². The Morgan fingerprint density at radius 2 is 2.33 bits per heavy atom. The standard InChI is InChI=1S/C10H14BrN3O3S/c11-8-3-9(10(12)13-4-8)18(16,17)14-2-1-7(5-14)6-15/h3-4,7,15H,1-2,5-6H2,(H2,12,13). The molecule has 100 valence electrons. The first-order valence-corrected chi connectivity index (χ1v) is 7.70. The molecule has 1 fully saturated rings. The molecule has 2 rings (SSSR count). The Labute approximate surface area is 114 Å². The normalized spacial score (nSPS) is 21.3. The van der Waals surface area contributed by atoms with Crippen molar-refractivity contribution >= 4 is 31.8 Å². The number of rotatable bonds is 3. The summed E-state index contributed by atoms with van der Waals surface area (Å²) >= 11 is 3.18. The van der Waals surface area contributed by atoms with Gasteiger partial charge in [-0.3, -0.25) is 0 Å². The monoisotopic (exact) mass is 335 g/mol. The van der Waals surface area contributed by atoms with E-state index < -0.39 is 10.0 Å². The van der Waals surface area contributed by atoms with Crippen LogP contribution in [0.25, 0.3) is 0 Å². The van der Waals surface area contributed by atoms with Crippen LogP contribution in [0, 0.1) is 5.92 Å². The zero-order valence-electron chi connectivity index (χ0n) is 9.58. The lowest BCUT2D eigenvalue weighted by Crippen LogP contribution is -2.30. The van der Waals surface area contributed by atoms with Crippen LogP contribution in [0.3, 0.4) is 0 Å². The maximum atomic E-state index is 12.4.